The average Bonchev–Trinajstić information content (AvgIpc) is 2.69. The highest BCUT2D eigenvalue weighted by Gasteiger charge is 2.15. The second-order valence-electron chi connectivity index (χ2n) is 6.82. The van der Waals surface area contributed by atoms with Crippen LogP contribution in [-0.4, -0.2) is 28.0 Å². The van der Waals surface area contributed by atoms with Crippen LogP contribution in [0.3, 0.4) is 0 Å². The molecule has 0 bridgehead atoms. The van der Waals surface area contributed by atoms with Crippen LogP contribution in [0.4, 0.5) is 11.4 Å². The van der Waals surface area contributed by atoms with Crippen LogP contribution in [0.5, 0.6) is 0 Å². The lowest BCUT2D eigenvalue weighted by molar-refractivity contribution is -0.405. The molecular weight excluding hydrogens is 330 g/mol. The van der Waals surface area contributed by atoms with E-state index in [0.29, 0.717) is 0 Å². The summed E-state index contributed by atoms with van der Waals surface area (Å²) in [6.45, 7) is 8.32. The van der Waals surface area contributed by atoms with Gasteiger partial charge in [0.1, 0.15) is 12.7 Å². The number of benzene rings is 2. The van der Waals surface area contributed by atoms with E-state index in [1.54, 1.807) is 0 Å². The molecule has 0 spiro atoms. The van der Waals surface area contributed by atoms with Crippen LogP contribution in [0.1, 0.15) is 36.4 Å². The van der Waals surface area contributed by atoms with Gasteiger partial charge < -0.3 is 0 Å². The monoisotopic (exact) mass is 356 g/mol. The zero-order valence-corrected chi connectivity index (χ0v) is 16.7. The van der Waals surface area contributed by atoms with Crippen LogP contribution in [0.15, 0.2) is 71.7 Å². The summed E-state index contributed by atoms with van der Waals surface area (Å²) in [5, 5.41) is 0. The van der Waals surface area contributed by atoms with E-state index < -0.39 is 0 Å². The topological polar surface area (TPSA) is 28.3 Å². The summed E-state index contributed by atoms with van der Waals surface area (Å²) in [5.74, 6) is 0. The van der Waals surface area contributed by atoms with Gasteiger partial charge in [-0.2, -0.15) is 4.58 Å². The first-order valence-corrected chi connectivity index (χ1v) is 9.19. The van der Waals surface area contributed by atoms with E-state index in [1.165, 1.54) is 11.3 Å². The first-order valence-electron chi connectivity index (χ1n) is 9.19. The Kier molecular flexibility index (Phi) is 5.60. The fourth-order valence-electron chi connectivity index (χ4n) is 3.06. The summed E-state index contributed by atoms with van der Waals surface area (Å²) in [7, 11) is 2.08. The van der Waals surface area contributed by atoms with Crippen LogP contribution in [0.2, 0.25) is 0 Å². The first-order chi connectivity index (χ1) is 13.0. The number of para-hydroxylation sites is 2. The van der Waals surface area contributed by atoms with Crippen LogP contribution in [-0.2, 0) is 0 Å². The third-order valence-electron chi connectivity index (χ3n) is 4.87. The Labute approximate surface area is 161 Å². The Hall–Kier alpha value is -3.07. The Morgan fingerprint density at radius 3 is 2.11 bits per heavy atom. The van der Waals surface area contributed by atoms with Gasteiger partial charge in [0.2, 0.25) is 11.4 Å². The molecule has 0 aliphatic heterocycles. The van der Waals surface area contributed by atoms with Crippen LogP contribution in [0.25, 0.3) is 0 Å². The van der Waals surface area contributed by atoms with Gasteiger partial charge in [-0.25, -0.2) is 4.98 Å². The molecule has 3 nitrogen and oxygen atoms in total. The van der Waals surface area contributed by atoms with Crippen molar-refractivity contribution >= 4 is 22.8 Å². The number of aromatic nitrogens is 1. The summed E-state index contributed by atoms with van der Waals surface area (Å²) >= 11 is 0. The Morgan fingerprint density at radius 1 is 0.778 bits per heavy atom. The van der Waals surface area contributed by atoms with Crippen molar-refractivity contribution in [1.29, 1.82) is 0 Å². The highest BCUT2D eigenvalue weighted by molar-refractivity contribution is 6.00. The number of rotatable bonds is 4. The molecule has 0 N–H and O–H groups in total. The minimum atomic E-state index is 0.897. The van der Waals surface area contributed by atoms with Gasteiger partial charge in [-0.05, 0) is 44.5 Å². The second kappa shape index (κ2) is 8.09. The third kappa shape index (κ3) is 4.20. The molecule has 0 radical (unpaired) electrons. The first kappa shape index (κ1) is 18.7. The van der Waals surface area contributed by atoms with Crippen molar-refractivity contribution in [2.75, 3.05) is 7.05 Å². The summed E-state index contributed by atoms with van der Waals surface area (Å²) in [6, 6.07) is 22.6. The standard InChI is InChI=1S/C24H26N3/c1-17-11-6-8-13-21(17)25-19(3)22-14-10-15-23(26-22)20(4)27(5)24-16-9-7-12-18(24)2/h6-16H,1-5H3/q+1. The van der Waals surface area contributed by atoms with Crippen molar-refractivity contribution < 1.29 is 4.58 Å². The number of hydrogen-bond acceptors (Lipinski definition) is 2. The predicted octanol–water partition coefficient (Wildman–Crippen LogP) is 5.62. The molecule has 2 aromatic carbocycles. The lowest BCUT2D eigenvalue weighted by atomic mass is 10.1. The van der Waals surface area contributed by atoms with E-state index >= 15 is 0 Å². The van der Waals surface area contributed by atoms with Gasteiger partial charge in [-0.15, -0.1) is 0 Å². The van der Waals surface area contributed by atoms with Crippen molar-refractivity contribution in [3.63, 3.8) is 0 Å². The summed E-state index contributed by atoms with van der Waals surface area (Å²) in [5.41, 5.74) is 8.45. The lowest BCUT2D eigenvalue weighted by Gasteiger charge is -2.07. The molecule has 3 heteroatoms. The second-order valence-corrected chi connectivity index (χ2v) is 6.82. The molecule has 0 unspecified atom stereocenters. The molecule has 0 saturated heterocycles. The molecule has 0 atom stereocenters. The predicted molar refractivity (Wildman–Crippen MR) is 114 cm³/mol. The molecule has 0 amide bonds. The van der Waals surface area contributed by atoms with Crippen molar-refractivity contribution in [1.82, 2.24) is 4.98 Å². The zero-order valence-electron chi connectivity index (χ0n) is 16.7. The molecule has 0 saturated carbocycles. The van der Waals surface area contributed by atoms with Crippen LogP contribution in [0, 0.1) is 13.8 Å². The average molecular weight is 356 g/mol. The summed E-state index contributed by atoms with van der Waals surface area (Å²) in [4.78, 5) is 9.64. The molecule has 136 valence electrons. The van der Waals surface area contributed by atoms with Gasteiger partial charge in [0, 0.05) is 18.6 Å². The summed E-state index contributed by atoms with van der Waals surface area (Å²) in [6.07, 6.45) is 0. The highest BCUT2D eigenvalue weighted by atomic mass is 15.0. The molecule has 0 aliphatic carbocycles. The molecule has 1 aromatic heterocycles. The largest absolute Gasteiger partial charge is 0.251 e. The van der Waals surface area contributed by atoms with Gasteiger partial charge >= 0.3 is 0 Å². The van der Waals surface area contributed by atoms with Gasteiger partial charge in [0.15, 0.2) is 0 Å². The molecular formula is C24H26N3+. The van der Waals surface area contributed by atoms with Crippen LogP contribution < -0.4 is 0 Å². The SMILES string of the molecule is CC(=Nc1ccccc1C)c1cccc(C(C)=[N+](C)c2ccccc2C)n1. The van der Waals surface area contributed by atoms with E-state index in [0.717, 1.165) is 34.1 Å². The van der Waals surface area contributed by atoms with Crippen molar-refractivity contribution in [2.24, 2.45) is 4.99 Å². The van der Waals surface area contributed by atoms with Gasteiger partial charge in [0.25, 0.3) is 0 Å². The minimum Gasteiger partial charge on any atom is -0.251 e. The maximum absolute atomic E-state index is 4.87. The van der Waals surface area contributed by atoms with Gasteiger partial charge in [0.05, 0.1) is 17.1 Å². The van der Waals surface area contributed by atoms with E-state index in [-0.39, 0.29) is 0 Å². The number of nitrogens with zero attached hydrogens (tertiary/aromatic N) is 3. The fourth-order valence-corrected chi connectivity index (χ4v) is 3.06. The zero-order chi connectivity index (χ0) is 19.4. The molecule has 0 aliphatic rings. The van der Waals surface area contributed by atoms with Gasteiger partial charge in [-0.1, -0.05) is 42.5 Å². The molecule has 27 heavy (non-hydrogen) atoms. The number of pyridine rings is 1. The number of hydrogen-bond donors (Lipinski definition) is 0. The van der Waals surface area contributed by atoms with E-state index in [2.05, 4.69) is 68.8 Å². The molecule has 0 fully saturated rings. The third-order valence-corrected chi connectivity index (χ3v) is 4.87. The molecule has 1 heterocycles. The van der Waals surface area contributed by atoms with Crippen LogP contribution >= 0.6 is 0 Å². The molecule has 3 rings (SSSR count). The Morgan fingerprint density at radius 2 is 1.41 bits per heavy atom. The smallest absolute Gasteiger partial charge is 0.208 e. The van der Waals surface area contributed by atoms with Gasteiger partial charge in [-0.3, -0.25) is 4.99 Å². The normalized spacial score (nSPS) is 12.7. The fraction of sp³-hybridized carbons (Fsp3) is 0.208. The van der Waals surface area contributed by atoms with Crippen molar-refractivity contribution in [2.45, 2.75) is 27.7 Å². The van der Waals surface area contributed by atoms with E-state index in [1.807, 2.05) is 37.3 Å². The quantitative estimate of drug-likeness (QED) is 0.440. The Balaban J connectivity index is 1.99. The van der Waals surface area contributed by atoms with E-state index in [9.17, 15) is 0 Å². The van der Waals surface area contributed by atoms with Crippen molar-refractivity contribution in [3.05, 3.63) is 89.2 Å². The molecule has 3 aromatic rings. The summed E-state index contributed by atoms with van der Waals surface area (Å²) < 4.78 is 2.19. The maximum atomic E-state index is 4.87. The van der Waals surface area contributed by atoms with Crippen molar-refractivity contribution in [3.8, 4) is 0 Å². The Bertz CT molecular complexity index is 1030. The number of aryl methyl sites for hydroxylation is 2. The highest BCUT2D eigenvalue weighted by Crippen LogP contribution is 2.19. The maximum Gasteiger partial charge on any atom is 0.208 e. The minimum absolute atomic E-state index is 0.897. The van der Waals surface area contributed by atoms with E-state index in [4.69, 9.17) is 9.98 Å². The number of aliphatic imine (C=N–C) groups is 1. The lowest BCUT2D eigenvalue weighted by Crippen LogP contribution is -2.14.